The highest BCUT2D eigenvalue weighted by molar-refractivity contribution is 5.96. The highest BCUT2D eigenvalue weighted by Crippen LogP contribution is 2.22. The zero-order valence-electron chi connectivity index (χ0n) is 14.0. The van der Waals surface area contributed by atoms with Gasteiger partial charge in [-0.1, -0.05) is 0 Å². The van der Waals surface area contributed by atoms with Crippen LogP contribution < -0.4 is 10.1 Å². The number of benzene rings is 1. The molecule has 1 rings (SSSR count). The van der Waals surface area contributed by atoms with Gasteiger partial charge in [0.05, 0.1) is 5.60 Å². The molecule has 1 aromatic rings. The predicted octanol–water partition coefficient (Wildman–Crippen LogP) is 2.97. The summed E-state index contributed by atoms with van der Waals surface area (Å²) in [4.78, 5) is 23.3. The molecule has 0 spiro atoms. The third-order valence-corrected chi connectivity index (χ3v) is 2.90. The quantitative estimate of drug-likeness (QED) is 0.778. The first-order valence-electron chi connectivity index (χ1n) is 7.41. The lowest BCUT2D eigenvalue weighted by Gasteiger charge is -2.21. The number of rotatable bonds is 7. The van der Waals surface area contributed by atoms with E-state index >= 15 is 0 Å². The predicted molar refractivity (Wildman–Crippen MR) is 82.3 cm³/mol. The highest BCUT2D eigenvalue weighted by atomic mass is 19.4. The Kier molecular flexibility index (Phi) is 6.80. The summed E-state index contributed by atoms with van der Waals surface area (Å²) < 4.78 is 45.4. The minimum atomic E-state index is -4.83. The van der Waals surface area contributed by atoms with Crippen LogP contribution in [0, 0.1) is 0 Å². The van der Waals surface area contributed by atoms with E-state index < -0.39 is 35.6 Å². The Bertz CT molecular complexity index is 593. The summed E-state index contributed by atoms with van der Waals surface area (Å²) >= 11 is 0. The lowest BCUT2D eigenvalue weighted by molar-refractivity contribution is -0.274. The van der Waals surface area contributed by atoms with E-state index in [2.05, 4.69) is 10.1 Å². The van der Waals surface area contributed by atoms with Gasteiger partial charge in [-0.2, -0.15) is 0 Å². The Morgan fingerprint density at radius 1 is 1.16 bits per heavy atom. The monoisotopic (exact) mass is 363 g/mol. The van der Waals surface area contributed by atoms with Crippen LogP contribution in [0.1, 0.15) is 37.6 Å². The maximum absolute atomic E-state index is 12.1. The van der Waals surface area contributed by atoms with Crippen molar-refractivity contribution in [2.45, 2.75) is 45.2 Å². The molecule has 0 aliphatic heterocycles. The van der Waals surface area contributed by atoms with Gasteiger partial charge in [-0.15, -0.1) is 13.2 Å². The number of ether oxygens (including phenoxy) is 2. The van der Waals surface area contributed by atoms with Crippen molar-refractivity contribution in [1.29, 1.82) is 0 Å². The maximum atomic E-state index is 12.1. The molecule has 0 saturated carbocycles. The molecule has 1 amide bonds. The van der Waals surface area contributed by atoms with Gasteiger partial charge in [-0.25, -0.2) is 4.79 Å². The van der Waals surface area contributed by atoms with E-state index in [1.54, 1.807) is 0 Å². The topological polar surface area (TPSA) is 84.9 Å². The van der Waals surface area contributed by atoms with Gasteiger partial charge < -0.3 is 19.9 Å². The lowest BCUT2D eigenvalue weighted by atomic mass is 10.1. The normalized spacial score (nSPS) is 13.2. The molecule has 9 heteroatoms. The Morgan fingerprint density at radius 3 is 2.16 bits per heavy atom. The number of hydrogen-bond acceptors (Lipinski definition) is 4. The van der Waals surface area contributed by atoms with E-state index in [4.69, 9.17) is 9.84 Å². The number of carboxylic acids is 1. The van der Waals surface area contributed by atoms with Gasteiger partial charge in [-0.05, 0) is 45.0 Å². The molecule has 1 aromatic carbocycles. The lowest BCUT2D eigenvalue weighted by Crippen LogP contribution is -2.42. The molecule has 0 heterocycles. The maximum Gasteiger partial charge on any atom is 0.573 e. The minimum absolute atomic E-state index is 0.0116. The summed E-state index contributed by atoms with van der Waals surface area (Å²) in [6.45, 7) is 5.56. The molecule has 0 bridgehead atoms. The van der Waals surface area contributed by atoms with Crippen LogP contribution >= 0.6 is 0 Å². The second-order valence-electron chi connectivity index (χ2n) is 6.19. The smallest absolute Gasteiger partial charge is 0.480 e. The highest BCUT2D eigenvalue weighted by Gasteiger charge is 2.31. The van der Waals surface area contributed by atoms with Crippen LogP contribution in [-0.4, -0.2) is 41.6 Å². The number of carbonyl (C=O) groups is 2. The molecule has 0 aromatic heterocycles. The van der Waals surface area contributed by atoms with Gasteiger partial charge in [0.2, 0.25) is 0 Å². The first-order valence-corrected chi connectivity index (χ1v) is 7.41. The molecule has 25 heavy (non-hydrogen) atoms. The number of amides is 1. The van der Waals surface area contributed by atoms with Gasteiger partial charge in [0.1, 0.15) is 11.8 Å². The van der Waals surface area contributed by atoms with Crippen molar-refractivity contribution < 1.29 is 37.3 Å². The Balaban J connectivity index is 2.66. The van der Waals surface area contributed by atoms with E-state index in [-0.39, 0.29) is 18.6 Å². The Labute approximate surface area is 142 Å². The molecule has 140 valence electrons. The summed E-state index contributed by atoms with van der Waals surface area (Å²) in [6.07, 6.45) is -4.78. The number of halogens is 3. The van der Waals surface area contributed by atoms with Gasteiger partial charge in [0.25, 0.3) is 5.91 Å². The molecule has 0 saturated heterocycles. The first kappa shape index (κ1) is 20.8. The van der Waals surface area contributed by atoms with Crippen molar-refractivity contribution in [1.82, 2.24) is 5.32 Å². The molecule has 6 nitrogen and oxygen atoms in total. The number of carbonyl (C=O) groups excluding carboxylic acids is 1. The molecule has 0 aliphatic rings. The van der Waals surface area contributed by atoms with Crippen molar-refractivity contribution in [2.75, 3.05) is 6.61 Å². The second kappa shape index (κ2) is 8.19. The number of nitrogens with one attached hydrogen (secondary N) is 1. The van der Waals surface area contributed by atoms with E-state index in [1.807, 2.05) is 20.8 Å². The average molecular weight is 363 g/mol. The van der Waals surface area contributed by atoms with Crippen molar-refractivity contribution in [2.24, 2.45) is 0 Å². The van der Waals surface area contributed by atoms with Crippen LogP contribution in [-0.2, 0) is 9.53 Å². The van der Waals surface area contributed by atoms with Crippen molar-refractivity contribution in [3.63, 3.8) is 0 Å². The van der Waals surface area contributed by atoms with Gasteiger partial charge in [0, 0.05) is 18.6 Å². The van der Waals surface area contributed by atoms with Crippen LogP contribution in [0.4, 0.5) is 13.2 Å². The third kappa shape index (κ3) is 8.39. The largest absolute Gasteiger partial charge is 0.573 e. The van der Waals surface area contributed by atoms with Crippen LogP contribution in [0.2, 0.25) is 0 Å². The molecular formula is C16H20F3NO5. The van der Waals surface area contributed by atoms with E-state index in [1.165, 1.54) is 0 Å². The van der Waals surface area contributed by atoms with Crippen molar-refractivity contribution >= 4 is 11.9 Å². The first-order chi connectivity index (χ1) is 11.4. The Morgan fingerprint density at radius 2 is 1.72 bits per heavy atom. The summed E-state index contributed by atoms with van der Waals surface area (Å²) in [5.74, 6) is -2.43. The molecule has 1 unspecified atom stereocenters. The minimum Gasteiger partial charge on any atom is -0.480 e. The molecule has 2 N–H and O–H groups in total. The molecular weight excluding hydrogens is 343 g/mol. The molecule has 0 aliphatic carbocycles. The van der Waals surface area contributed by atoms with Crippen LogP contribution in [0.5, 0.6) is 5.75 Å². The third-order valence-electron chi connectivity index (χ3n) is 2.90. The number of hydrogen-bond donors (Lipinski definition) is 2. The zero-order valence-corrected chi connectivity index (χ0v) is 14.0. The fourth-order valence-electron chi connectivity index (χ4n) is 1.79. The number of aliphatic carboxylic acids is 1. The number of carboxylic acid groups (broad SMARTS) is 1. The van der Waals surface area contributed by atoms with Crippen molar-refractivity contribution in [3.05, 3.63) is 29.8 Å². The van der Waals surface area contributed by atoms with Crippen molar-refractivity contribution in [3.8, 4) is 5.75 Å². The van der Waals surface area contributed by atoms with Crippen LogP contribution in [0.15, 0.2) is 24.3 Å². The zero-order chi connectivity index (χ0) is 19.3. The fraction of sp³-hybridized carbons (Fsp3) is 0.500. The van der Waals surface area contributed by atoms with E-state index in [0.29, 0.717) is 0 Å². The van der Waals surface area contributed by atoms with E-state index in [0.717, 1.165) is 24.3 Å². The SMILES string of the molecule is CC(C)(C)OCCC(NC(=O)c1ccc(OC(F)(F)F)cc1)C(=O)O. The second-order valence-corrected chi connectivity index (χ2v) is 6.19. The summed E-state index contributed by atoms with van der Waals surface area (Å²) in [7, 11) is 0. The summed E-state index contributed by atoms with van der Waals surface area (Å²) in [5.41, 5.74) is -0.431. The fourth-order valence-corrected chi connectivity index (χ4v) is 1.79. The van der Waals surface area contributed by atoms with Gasteiger partial charge in [0.15, 0.2) is 0 Å². The summed E-state index contributed by atoms with van der Waals surface area (Å²) in [6, 6.07) is 2.99. The van der Waals surface area contributed by atoms with Crippen LogP contribution in [0.25, 0.3) is 0 Å². The van der Waals surface area contributed by atoms with Gasteiger partial charge in [-0.3, -0.25) is 4.79 Å². The summed E-state index contributed by atoms with van der Waals surface area (Å²) in [5, 5.41) is 11.5. The van der Waals surface area contributed by atoms with Gasteiger partial charge >= 0.3 is 12.3 Å². The van der Waals surface area contributed by atoms with Crippen LogP contribution in [0.3, 0.4) is 0 Å². The standard InChI is InChI=1S/C16H20F3NO5/c1-15(2,3)24-9-8-12(14(22)23)20-13(21)10-4-6-11(7-5-10)25-16(17,18)19/h4-7,12H,8-9H2,1-3H3,(H,20,21)(H,22,23). The number of alkyl halides is 3. The average Bonchev–Trinajstić information content (AvgIpc) is 2.43. The molecule has 1 atom stereocenters. The molecule has 0 fully saturated rings. The Hall–Kier alpha value is -2.29. The molecule has 0 radical (unpaired) electrons. The van der Waals surface area contributed by atoms with E-state index in [9.17, 15) is 22.8 Å².